The number of carbonyl (C=O) groups is 3. The van der Waals surface area contributed by atoms with E-state index in [0.717, 1.165) is 5.56 Å². The number of rotatable bonds is 7. The van der Waals surface area contributed by atoms with E-state index in [0.29, 0.717) is 32.5 Å². The Labute approximate surface area is 245 Å². The lowest BCUT2D eigenvalue weighted by Gasteiger charge is -2.25. The molecular weight excluding hydrogens is 554 g/mol. The number of aromatic carboxylic acids is 1. The van der Waals surface area contributed by atoms with Gasteiger partial charge in [0.2, 0.25) is 0 Å². The highest BCUT2D eigenvalue weighted by Gasteiger charge is 2.21. The number of guanidine groups is 1. The summed E-state index contributed by atoms with van der Waals surface area (Å²) >= 11 is 1.20. The van der Waals surface area contributed by atoms with E-state index in [4.69, 9.17) is 11.3 Å². The zero-order valence-corrected chi connectivity index (χ0v) is 23.5. The van der Waals surface area contributed by atoms with Crippen molar-refractivity contribution in [1.29, 1.82) is 0 Å². The maximum atomic E-state index is 13.7. The molecular formula is C30H30N7O4S+. The number of amides is 3. The second-order valence-electron chi connectivity index (χ2n) is 10.1. The summed E-state index contributed by atoms with van der Waals surface area (Å²) in [5.74, 6) is -1.40. The molecule has 1 fully saturated rings. The third-order valence-corrected chi connectivity index (χ3v) is 8.20. The highest BCUT2D eigenvalue weighted by Crippen LogP contribution is 2.34. The molecule has 12 heteroatoms. The smallest absolute Gasteiger partial charge is 0.335 e. The molecule has 4 aromatic rings. The summed E-state index contributed by atoms with van der Waals surface area (Å²) in [7, 11) is 0. The van der Waals surface area contributed by atoms with Gasteiger partial charge in [0.1, 0.15) is 0 Å². The van der Waals surface area contributed by atoms with Crippen LogP contribution in [0.4, 0.5) is 15.6 Å². The molecule has 214 valence electrons. The van der Waals surface area contributed by atoms with Gasteiger partial charge >= 0.3 is 12.0 Å². The fraction of sp³-hybridized carbons (Fsp3) is 0.233. The van der Waals surface area contributed by atoms with Crippen LogP contribution in [0.2, 0.25) is 0 Å². The number of urea groups is 1. The van der Waals surface area contributed by atoms with Crippen LogP contribution >= 0.6 is 11.3 Å². The minimum atomic E-state index is -1.03. The largest absolute Gasteiger partial charge is 0.478 e. The van der Waals surface area contributed by atoms with Crippen molar-refractivity contribution in [1.82, 2.24) is 4.98 Å². The lowest BCUT2D eigenvalue weighted by atomic mass is 9.84. The highest BCUT2D eigenvalue weighted by molar-refractivity contribution is 7.22. The predicted octanol–water partition coefficient (Wildman–Crippen LogP) is 4.95. The Morgan fingerprint density at radius 2 is 1.69 bits per heavy atom. The van der Waals surface area contributed by atoms with Gasteiger partial charge in [-0.1, -0.05) is 54.9 Å². The van der Waals surface area contributed by atoms with Gasteiger partial charge in [-0.2, -0.15) is 4.99 Å². The summed E-state index contributed by atoms with van der Waals surface area (Å²) in [4.78, 5) is 47.0. The first-order chi connectivity index (χ1) is 20.3. The van der Waals surface area contributed by atoms with Gasteiger partial charge in [0.15, 0.2) is 5.13 Å². The van der Waals surface area contributed by atoms with Crippen LogP contribution in [0.5, 0.6) is 0 Å². The van der Waals surface area contributed by atoms with Gasteiger partial charge in [-0.25, -0.2) is 14.6 Å². The van der Waals surface area contributed by atoms with Gasteiger partial charge < -0.3 is 10.8 Å². The van der Waals surface area contributed by atoms with E-state index in [1.165, 1.54) is 61.1 Å². The second-order valence-corrected chi connectivity index (χ2v) is 11.1. The van der Waals surface area contributed by atoms with Crippen molar-refractivity contribution in [3.8, 4) is 0 Å². The number of thiazole rings is 1. The number of carboxylic acid groups (broad SMARTS) is 1. The molecule has 0 spiro atoms. The average molecular weight is 585 g/mol. The molecule has 1 heterocycles. The highest BCUT2D eigenvalue weighted by atomic mass is 32.1. The van der Waals surface area contributed by atoms with Crippen molar-refractivity contribution in [2.24, 2.45) is 15.8 Å². The van der Waals surface area contributed by atoms with Crippen LogP contribution in [0.15, 0.2) is 76.8 Å². The van der Waals surface area contributed by atoms with Crippen molar-refractivity contribution < 1.29 is 25.0 Å². The number of anilines is 2. The molecule has 1 aliphatic rings. The molecule has 3 aromatic carbocycles. The van der Waals surface area contributed by atoms with Crippen LogP contribution in [0.1, 0.15) is 69.9 Å². The summed E-state index contributed by atoms with van der Waals surface area (Å²) in [5, 5.41) is 15.7. The van der Waals surface area contributed by atoms with Crippen LogP contribution in [0.3, 0.4) is 0 Å². The van der Waals surface area contributed by atoms with Crippen molar-refractivity contribution in [2.45, 2.75) is 44.6 Å². The maximum absolute atomic E-state index is 13.7. The third kappa shape index (κ3) is 6.66. The van der Waals surface area contributed by atoms with E-state index in [2.05, 4.69) is 32.5 Å². The molecule has 0 unspecified atom stereocenters. The Morgan fingerprint density at radius 3 is 2.36 bits per heavy atom. The number of carbonyl (C=O) groups excluding carboxylic acids is 2. The molecule has 0 radical (unpaired) electrons. The number of aliphatic imine (C=N–C) groups is 1. The molecule has 1 aromatic heterocycles. The van der Waals surface area contributed by atoms with Crippen molar-refractivity contribution in [3.05, 3.63) is 89.0 Å². The summed E-state index contributed by atoms with van der Waals surface area (Å²) in [5.41, 5.74) is 14.3. The Morgan fingerprint density at radius 1 is 1.00 bits per heavy atom. The first kappa shape index (κ1) is 28.6. The summed E-state index contributed by atoms with van der Waals surface area (Å²) in [6.07, 6.45) is 6.08. The van der Waals surface area contributed by atoms with Crippen LogP contribution in [0.25, 0.3) is 10.2 Å². The summed E-state index contributed by atoms with van der Waals surface area (Å²) < 4.78 is 0.652. The van der Waals surface area contributed by atoms with Crippen molar-refractivity contribution in [3.63, 3.8) is 0 Å². The monoisotopic (exact) mass is 584 g/mol. The van der Waals surface area contributed by atoms with E-state index in [1.54, 1.807) is 35.2 Å². The van der Waals surface area contributed by atoms with Crippen molar-refractivity contribution in [2.75, 3.05) is 10.2 Å². The third-order valence-electron chi connectivity index (χ3n) is 7.27. The van der Waals surface area contributed by atoms with Crippen LogP contribution in [0, 0.1) is 0 Å². The van der Waals surface area contributed by atoms with Gasteiger partial charge in [0, 0.05) is 16.4 Å². The molecule has 42 heavy (non-hydrogen) atoms. The number of nitrogens with one attached hydrogen (secondary N) is 1. The van der Waals surface area contributed by atoms with Gasteiger partial charge in [-0.15, -0.1) is 5.53 Å². The normalized spacial score (nSPS) is 14.0. The lowest BCUT2D eigenvalue weighted by Crippen LogP contribution is -2.34. The molecule has 5 rings (SSSR count). The fourth-order valence-electron chi connectivity index (χ4n) is 5.05. The van der Waals surface area contributed by atoms with Crippen LogP contribution < -0.4 is 21.5 Å². The standard InChI is InChI=1S/C30H29N7O4S/c31-28(36-32)34-26(38)21-8-6-18(7-9-21)17-37(23-13-10-20(11-14-23)19-4-2-1-3-5-19)30(41)35-29-33-24-15-12-22(27(39)40)16-25(24)42-29/h6-16,19,32H,1-5,17H2,(H,39,40)(H2,31,34,38)(H,33,35,41)/p+1. The van der Waals surface area contributed by atoms with E-state index < -0.39 is 17.9 Å². The number of fused-ring (bicyclic) bond motifs is 1. The minimum Gasteiger partial charge on any atom is -0.478 e. The SMILES string of the molecule is NC(N=[NH2+])=NC(=O)c1ccc(CN(C(=O)Nc2nc3ccc(C(=O)O)cc3s2)c2ccc(C3CCCCC3)cc2)cc1. The molecule has 0 bridgehead atoms. The van der Waals surface area contributed by atoms with Gasteiger partial charge in [-0.3, -0.25) is 15.0 Å². The molecule has 1 aliphatic carbocycles. The maximum Gasteiger partial charge on any atom is 0.335 e. The Bertz CT molecular complexity index is 1660. The molecule has 0 saturated heterocycles. The lowest BCUT2D eigenvalue weighted by molar-refractivity contribution is -0.207. The first-order valence-electron chi connectivity index (χ1n) is 13.5. The molecule has 3 amide bonds. The minimum absolute atomic E-state index is 0.149. The Kier molecular flexibility index (Phi) is 8.63. The number of benzene rings is 3. The van der Waals surface area contributed by atoms with Gasteiger partial charge in [0.25, 0.3) is 11.9 Å². The van der Waals surface area contributed by atoms with Gasteiger partial charge in [-0.05, 0) is 72.4 Å². The quantitative estimate of drug-likeness (QED) is 0.136. The average Bonchev–Trinajstić information content (AvgIpc) is 3.42. The van der Waals surface area contributed by atoms with E-state index in [1.807, 2.05) is 12.1 Å². The van der Waals surface area contributed by atoms with Crippen LogP contribution in [-0.2, 0) is 6.54 Å². The number of hydrogen-bond donors (Lipinski definition) is 4. The van der Waals surface area contributed by atoms with Gasteiger partial charge in [0.05, 0.1) is 22.3 Å². The zero-order valence-electron chi connectivity index (χ0n) is 22.7. The molecule has 1 saturated carbocycles. The molecule has 11 nitrogen and oxygen atoms in total. The van der Waals surface area contributed by atoms with Crippen LogP contribution in [-0.4, -0.2) is 34.0 Å². The number of nitrogens with two attached hydrogens (primary N) is 2. The molecule has 0 aliphatic heterocycles. The first-order valence-corrected chi connectivity index (χ1v) is 14.3. The number of hydrogen-bond acceptors (Lipinski definition) is 5. The Hall–Kier alpha value is -4.97. The topological polar surface area (TPSA) is 176 Å². The summed E-state index contributed by atoms with van der Waals surface area (Å²) in [6, 6.07) is 19.0. The van der Waals surface area contributed by atoms with Crippen molar-refractivity contribution >= 4 is 56.2 Å². The molecule has 6 N–H and O–H groups in total. The second kappa shape index (κ2) is 12.7. The molecule has 0 atom stereocenters. The number of carboxylic acids is 1. The van der Waals surface area contributed by atoms with E-state index >= 15 is 0 Å². The summed E-state index contributed by atoms with van der Waals surface area (Å²) in [6.45, 7) is 0.209. The zero-order chi connectivity index (χ0) is 29.6. The number of aromatic nitrogens is 1. The van der Waals surface area contributed by atoms with E-state index in [9.17, 15) is 19.5 Å². The fourth-order valence-corrected chi connectivity index (χ4v) is 5.94. The predicted molar refractivity (Wildman–Crippen MR) is 161 cm³/mol. The Balaban J connectivity index is 1.40. The van der Waals surface area contributed by atoms with E-state index in [-0.39, 0.29) is 18.1 Å². The number of nitrogens with zero attached hydrogens (tertiary/aromatic N) is 4.